The highest BCUT2D eigenvalue weighted by Gasteiger charge is 2.37. The van der Waals surface area contributed by atoms with Crippen LogP contribution in [0.3, 0.4) is 0 Å². The molecule has 0 unspecified atom stereocenters. The second-order valence-electron chi connectivity index (χ2n) is 13.5. The van der Waals surface area contributed by atoms with Crippen LogP contribution in [-0.4, -0.2) is 105 Å². The lowest BCUT2D eigenvalue weighted by atomic mass is 9.90. The summed E-state index contributed by atoms with van der Waals surface area (Å²) in [5.74, 6) is -1.54. The fourth-order valence-electron chi connectivity index (χ4n) is 5.03. The number of aliphatic hydroxyl groups excluding tert-OH is 3. The van der Waals surface area contributed by atoms with Crippen LogP contribution >= 0.6 is 283 Å². The van der Waals surface area contributed by atoms with E-state index in [0.717, 1.165) is 42.8 Å². The van der Waals surface area contributed by atoms with E-state index in [1.54, 1.807) is 38.4 Å². The van der Waals surface area contributed by atoms with Crippen molar-refractivity contribution in [2.75, 3.05) is 66.8 Å². The van der Waals surface area contributed by atoms with Crippen molar-refractivity contribution in [3.05, 3.63) is 114 Å². The van der Waals surface area contributed by atoms with Crippen LogP contribution in [-0.2, 0) is 14.2 Å². The third-order valence-electron chi connectivity index (χ3n) is 8.52. The molecule has 25 heteroatoms. The Morgan fingerprint density at radius 1 is 0.485 bits per heavy atom. The van der Waals surface area contributed by atoms with Gasteiger partial charge in [-0.15, -0.1) is 0 Å². The highest BCUT2D eigenvalue weighted by atomic mass is 127. The first-order valence-corrected chi connectivity index (χ1v) is 31.2. The van der Waals surface area contributed by atoms with E-state index in [-0.39, 0.29) is 53.6 Å². The van der Waals surface area contributed by atoms with E-state index in [9.17, 15) is 19.2 Å². The fraction of sp³-hybridized carbons (Fsp3) is 0.317. The van der Waals surface area contributed by atoms with Crippen LogP contribution in [0.1, 0.15) is 48.9 Å². The van der Waals surface area contributed by atoms with Gasteiger partial charge in [-0.05, 0) is 345 Å². The Morgan fingerprint density at radius 2 is 0.803 bits per heavy atom. The molecule has 0 heterocycles. The van der Waals surface area contributed by atoms with Gasteiger partial charge in [0.15, 0.2) is 0 Å². The maximum atomic E-state index is 13.3. The number of hydrogen-bond donors (Lipinski definition) is 5. The summed E-state index contributed by atoms with van der Waals surface area (Å²) in [6, 6.07) is 14.9. The lowest BCUT2D eigenvalue weighted by Crippen LogP contribution is -2.46. The van der Waals surface area contributed by atoms with E-state index in [1.807, 2.05) is 24.3 Å². The SMILES string of the molecule is C.CNCC(CO)(CO)CO.CNCC(COC(=O)c1cc(I)cc(I)c1I)(COC(=O)c1cc(I)cc(I)c1I)COC(=O)c1cc(I)cc(I)c1I.O=C(Cl)c1ccc(I)c(I)c1I. The third-order valence-corrected chi connectivity index (χ3v) is 24.9. The molecule has 0 bridgehead atoms. The number of carbonyl (C=O) groups is 4. The van der Waals surface area contributed by atoms with Crippen LogP contribution in [0.2, 0.25) is 0 Å². The molecule has 364 valence electrons. The molecule has 5 N–H and O–H groups in total. The average Bonchev–Trinajstić information content (AvgIpc) is 3.26. The van der Waals surface area contributed by atoms with Crippen molar-refractivity contribution in [3.63, 3.8) is 0 Å². The molecule has 0 spiro atoms. The minimum absolute atomic E-state index is 0. The van der Waals surface area contributed by atoms with Gasteiger partial charge in [-0.1, -0.05) is 7.43 Å². The molecule has 4 rings (SSSR count). The first kappa shape index (κ1) is 67.8. The average molecular weight is 2280 g/mol. The summed E-state index contributed by atoms with van der Waals surface area (Å²) in [5.41, 5.74) is 0.0641. The molecular weight excluding hydrogens is 2240 g/mol. The highest BCUT2D eigenvalue weighted by molar-refractivity contribution is 14.1. The van der Waals surface area contributed by atoms with E-state index >= 15 is 0 Å². The zero-order valence-electron chi connectivity index (χ0n) is 33.4. The summed E-state index contributed by atoms with van der Waals surface area (Å²) >= 11 is 31.4. The standard InChI is InChI=1S/C27H18I9NO6.C7H2ClI3O.C6H15NO3.CH4/c1-37-8-27(9-41-24(38)15-2-12(28)5-18(31)21(15)34,10-42-25(39)16-3-13(29)6-19(32)22(16)35)11-43-26(40)17-4-14(30)7-20(33)23(17)36;8-7(12)3-1-2-4(9)6(11)5(3)10;1-7-2-6(3-8,4-9)5-10;/h2-7,37H,8-11H2,1H3;1-2H;7-10H,2-5H2,1H3;1H4. The lowest BCUT2D eigenvalue weighted by molar-refractivity contribution is -0.0353. The molecule has 0 amide bonds. The fourth-order valence-corrected chi connectivity index (χ4v) is 14.6. The van der Waals surface area contributed by atoms with Crippen molar-refractivity contribution in [1.29, 1.82) is 0 Å². The molecule has 0 aliphatic rings. The van der Waals surface area contributed by atoms with Gasteiger partial charge in [0.25, 0.3) is 5.24 Å². The molecule has 4 aromatic rings. The Labute approximate surface area is 553 Å². The maximum absolute atomic E-state index is 13.3. The number of nitrogens with one attached hydrogen (secondary N) is 2. The summed E-state index contributed by atoms with van der Waals surface area (Å²) in [5, 5.41) is 31.7. The maximum Gasteiger partial charge on any atom is 0.339 e. The molecule has 0 aliphatic heterocycles. The second-order valence-corrected chi connectivity index (χ2v) is 27.6. The Hall–Kier alpha value is 3.81. The van der Waals surface area contributed by atoms with Gasteiger partial charge in [0.1, 0.15) is 19.8 Å². The zero-order chi connectivity index (χ0) is 49.4. The largest absolute Gasteiger partial charge is 0.461 e. The zero-order valence-corrected chi connectivity index (χ0v) is 60.0. The number of hydrogen-bond acceptors (Lipinski definition) is 12. The molecule has 66 heavy (non-hydrogen) atoms. The minimum atomic E-state index is -1.07. The minimum Gasteiger partial charge on any atom is -0.461 e. The number of rotatable bonds is 17. The van der Waals surface area contributed by atoms with Crippen molar-refractivity contribution in [2.45, 2.75) is 7.43 Å². The molecule has 0 fully saturated rings. The molecule has 0 aromatic heterocycles. The van der Waals surface area contributed by atoms with Crippen LogP contribution in [0.25, 0.3) is 0 Å². The van der Waals surface area contributed by atoms with Crippen molar-refractivity contribution in [1.82, 2.24) is 10.6 Å². The van der Waals surface area contributed by atoms with Gasteiger partial charge in [-0.3, -0.25) is 4.79 Å². The number of ether oxygens (including phenoxy) is 3. The molecule has 0 saturated carbocycles. The van der Waals surface area contributed by atoms with E-state index in [1.165, 1.54) is 0 Å². The summed E-state index contributed by atoms with van der Waals surface area (Å²) in [7, 11) is 3.44. The Balaban J connectivity index is 0.000000772. The van der Waals surface area contributed by atoms with Gasteiger partial charge in [0, 0.05) is 61.5 Å². The van der Waals surface area contributed by atoms with Gasteiger partial charge in [-0.25, -0.2) is 14.4 Å². The number of esters is 3. The van der Waals surface area contributed by atoms with Gasteiger partial charge in [0.2, 0.25) is 0 Å². The van der Waals surface area contributed by atoms with Crippen LogP contribution < -0.4 is 10.6 Å². The van der Waals surface area contributed by atoms with Gasteiger partial charge < -0.3 is 40.2 Å². The van der Waals surface area contributed by atoms with Crippen LogP contribution in [0, 0.1) is 53.7 Å². The molecule has 0 atom stereocenters. The number of benzene rings is 4. The molecular formula is C41H39ClI12N2O10. The number of carbonyl (C=O) groups excluding carboxylic acids is 4. The van der Waals surface area contributed by atoms with Gasteiger partial charge in [0.05, 0.1) is 47.3 Å². The molecule has 0 radical (unpaired) electrons. The van der Waals surface area contributed by atoms with Gasteiger partial charge >= 0.3 is 17.9 Å². The Kier molecular flexibility index (Phi) is 34.7. The first-order chi connectivity index (χ1) is 30.5. The summed E-state index contributed by atoms with van der Waals surface area (Å²) in [4.78, 5) is 50.8. The third kappa shape index (κ3) is 21.1. The quantitative estimate of drug-likeness (QED) is 0.0169. The number of halogens is 13. The van der Waals surface area contributed by atoms with Crippen molar-refractivity contribution in [2.24, 2.45) is 10.8 Å². The van der Waals surface area contributed by atoms with Crippen LogP contribution in [0.4, 0.5) is 0 Å². The Bertz CT molecular complexity index is 2160. The predicted molar refractivity (Wildman–Crippen MR) is 360 cm³/mol. The second kappa shape index (κ2) is 33.8. The van der Waals surface area contributed by atoms with Crippen LogP contribution in [0.5, 0.6) is 0 Å². The lowest BCUT2D eigenvalue weighted by Gasteiger charge is -2.32. The topological polar surface area (TPSA) is 181 Å². The predicted octanol–water partition coefficient (Wildman–Crippen LogP) is 11.9. The van der Waals surface area contributed by atoms with E-state index in [4.69, 9.17) is 41.1 Å². The monoisotopic (exact) mass is 2280 g/mol. The summed E-state index contributed by atoms with van der Waals surface area (Å²) in [6.07, 6.45) is 0. The molecule has 0 aliphatic carbocycles. The van der Waals surface area contributed by atoms with Crippen molar-refractivity contribution < 1.29 is 48.7 Å². The number of aliphatic hydroxyl groups is 3. The molecule has 0 saturated heterocycles. The summed E-state index contributed by atoms with van der Waals surface area (Å²) < 4.78 is 28.6. The van der Waals surface area contributed by atoms with E-state index in [0.29, 0.717) is 28.8 Å². The van der Waals surface area contributed by atoms with E-state index < -0.39 is 34.0 Å². The highest BCUT2D eigenvalue weighted by Crippen LogP contribution is 2.30. The first-order valence-electron chi connectivity index (χ1n) is 17.9. The van der Waals surface area contributed by atoms with Crippen molar-refractivity contribution >= 4 is 306 Å². The van der Waals surface area contributed by atoms with Crippen LogP contribution in [0.15, 0.2) is 48.5 Å². The molecule has 4 aromatic carbocycles. The smallest absolute Gasteiger partial charge is 0.339 e. The van der Waals surface area contributed by atoms with E-state index in [2.05, 4.69) is 282 Å². The molecule has 12 nitrogen and oxygen atoms in total. The normalized spacial score (nSPS) is 11.0. The summed E-state index contributed by atoms with van der Waals surface area (Å²) in [6.45, 7) is -0.448. The Morgan fingerprint density at radius 3 is 1.08 bits per heavy atom. The van der Waals surface area contributed by atoms with Crippen molar-refractivity contribution in [3.8, 4) is 0 Å². The van der Waals surface area contributed by atoms with Gasteiger partial charge in [-0.2, -0.15) is 0 Å².